The topological polar surface area (TPSA) is 56.8 Å². The van der Waals surface area contributed by atoms with Gasteiger partial charge in [0.15, 0.2) is 0 Å². The minimum Gasteiger partial charge on any atom is -0.502 e. The highest BCUT2D eigenvalue weighted by Gasteiger charge is 2.15. The van der Waals surface area contributed by atoms with Gasteiger partial charge in [0.25, 0.3) is 0 Å². The smallest absolute Gasteiger partial charge is 0.407 e. The highest BCUT2D eigenvalue weighted by atomic mass is 16.6. The van der Waals surface area contributed by atoms with Crippen molar-refractivity contribution in [1.29, 1.82) is 0 Å². The van der Waals surface area contributed by atoms with E-state index in [0.717, 1.165) is 12.8 Å². The molecule has 0 radical (unpaired) electrons. The summed E-state index contributed by atoms with van der Waals surface area (Å²) >= 11 is 0. The van der Waals surface area contributed by atoms with Gasteiger partial charge in [-0.25, -0.2) is 4.79 Å². The first-order valence-corrected chi connectivity index (χ1v) is 6.23. The van der Waals surface area contributed by atoms with Crippen molar-refractivity contribution in [2.45, 2.75) is 39.2 Å². The first-order valence-electron chi connectivity index (χ1n) is 6.23. The Labute approximate surface area is 109 Å². The summed E-state index contributed by atoms with van der Waals surface area (Å²) in [7, 11) is 0. The maximum atomic E-state index is 11.3. The Hall–Kier alpha value is -1.23. The summed E-state index contributed by atoms with van der Waals surface area (Å²) in [5.74, 6) is 0. The molecule has 18 heavy (non-hydrogen) atoms. The number of nitrogens with one attached hydrogen (secondary N) is 1. The number of hydrogen-bond acceptors (Lipinski definition) is 4. The summed E-state index contributed by atoms with van der Waals surface area (Å²) in [6.07, 6.45) is 2.89. The summed E-state index contributed by atoms with van der Waals surface area (Å²) < 4.78 is 15.4. The Morgan fingerprint density at radius 2 is 1.89 bits per heavy atom. The summed E-state index contributed by atoms with van der Waals surface area (Å²) in [4.78, 5) is 11.3. The zero-order chi connectivity index (χ0) is 13.9. The highest BCUT2D eigenvalue weighted by Crippen LogP contribution is 2.06. The van der Waals surface area contributed by atoms with E-state index in [2.05, 4.69) is 11.9 Å². The molecule has 0 atom stereocenters. The zero-order valence-electron chi connectivity index (χ0n) is 11.7. The fourth-order valence-corrected chi connectivity index (χ4v) is 1.11. The Morgan fingerprint density at radius 3 is 2.50 bits per heavy atom. The van der Waals surface area contributed by atoms with E-state index < -0.39 is 11.7 Å². The van der Waals surface area contributed by atoms with Gasteiger partial charge < -0.3 is 19.5 Å². The number of rotatable bonds is 9. The average Bonchev–Trinajstić information content (AvgIpc) is 2.24. The van der Waals surface area contributed by atoms with Crippen molar-refractivity contribution in [3.05, 3.63) is 12.8 Å². The van der Waals surface area contributed by atoms with Gasteiger partial charge in [-0.2, -0.15) is 0 Å². The van der Waals surface area contributed by atoms with Crippen LogP contribution in [0, 0.1) is 0 Å². The SMILES string of the molecule is C=COCCCCOCCNC(=O)OC(C)(C)C. The molecule has 0 saturated carbocycles. The van der Waals surface area contributed by atoms with E-state index in [1.165, 1.54) is 6.26 Å². The molecule has 0 aromatic rings. The van der Waals surface area contributed by atoms with Crippen LogP contribution in [0.4, 0.5) is 4.79 Å². The first-order chi connectivity index (χ1) is 8.45. The van der Waals surface area contributed by atoms with E-state index in [9.17, 15) is 4.79 Å². The molecule has 0 spiro atoms. The lowest BCUT2D eigenvalue weighted by atomic mass is 10.2. The van der Waals surface area contributed by atoms with Gasteiger partial charge in [-0.1, -0.05) is 6.58 Å². The van der Waals surface area contributed by atoms with Crippen LogP contribution in [0.3, 0.4) is 0 Å². The lowest BCUT2D eigenvalue weighted by Crippen LogP contribution is -2.34. The number of carbonyl (C=O) groups excluding carboxylic acids is 1. The molecule has 0 rings (SSSR count). The summed E-state index contributed by atoms with van der Waals surface area (Å²) in [5, 5.41) is 2.63. The fraction of sp³-hybridized carbons (Fsp3) is 0.769. The van der Waals surface area contributed by atoms with Gasteiger partial charge in [-0.3, -0.25) is 0 Å². The largest absolute Gasteiger partial charge is 0.502 e. The molecule has 0 saturated heterocycles. The van der Waals surface area contributed by atoms with Crippen LogP contribution in [0.25, 0.3) is 0 Å². The molecule has 0 aromatic heterocycles. The van der Waals surface area contributed by atoms with Crippen LogP contribution in [0.5, 0.6) is 0 Å². The van der Waals surface area contributed by atoms with Gasteiger partial charge in [0, 0.05) is 13.2 Å². The molecule has 0 aliphatic rings. The lowest BCUT2D eigenvalue weighted by molar-refractivity contribution is 0.0497. The van der Waals surface area contributed by atoms with E-state index >= 15 is 0 Å². The second kappa shape index (κ2) is 9.76. The van der Waals surface area contributed by atoms with Crippen LogP contribution in [0.15, 0.2) is 12.8 Å². The van der Waals surface area contributed by atoms with Gasteiger partial charge >= 0.3 is 6.09 Å². The number of amides is 1. The van der Waals surface area contributed by atoms with Crippen LogP contribution in [0.2, 0.25) is 0 Å². The third-order valence-electron chi connectivity index (χ3n) is 1.83. The molecule has 106 valence electrons. The normalized spacial score (nSPS) is 10.8. The highest BCUT2D eigenvalue weighted by molar-refractivity contribution is 5.67. The van der Waals surface area contributed by atoms with Crippen LogP contribution in [0.1, 0.15) is 33.6 Å². The maximum Gasteiger partial charge on any atom is 0.407 e. The monoisotopic (exact) mass is 259 g/mol. The van der Waals surface area contributed by atoms with Crippen molar-refractivity contribution in [2.24, 2.45) is 0 Å². The average molecular weight is 259 g/mol. The molecule has 1 amide bonds. The van der Waals surface area contributed by atoms with E-state index in [1.54, 1.807) is 0 Å². The summed E-state index contributed by atoms with van der Waals surface area (Å²) in [6, 6.07) is 0. The Morgan fingerprint density at radius 1 is 1.22 bits per heavy atom. The van der Waals surface area contributed by atoms with E-state index in [1.807, 2.05) is 20.8 Å². The minimum absolute atomic E-state index is 0.412. The van der Waals surface area contributed by atoms with Crippen molar-refractivity contribution in [3.8, 4) is 0 Å². The molecule has 0 unspecified atom stereocenters. The van der Waals surface area contributed by atoms with Crippen LogP contribution >= 0.6 is 0 Å². The van der Waals surface area contributed by atoms with Crippen molar-refractivity contribution < 1.29 is 19.0 Å². The molecule has 1 N–H and O–H groups in total. The molecule has 0 heterocycles. The molecule has 5 nitrogen and oxygen atoms in total. The Balaban J connectivity index is 3.25. The van der Waals surface area contributed by atoms with Crippen molar-refractivity contribution in [2.75, 3.05) is 26.4 Å². The molecule has 0 bridgehead atoms. The Kier molecular flexibility index (Phi) is 9.10. The summed E-state index contributed by atoms with van der Waals surface area (Å²) in [6.45, 7) is 11.2. The molecular weight excluding hydrogens is 234 g/mol. The van der Waals surface area contributed by atoms with Crippen molar-refractivity contribution in [3.63, 3.8) is 0 Å². The summed E-state index contributed by atoms with van der Waals surface area (Å²) in [5.41, 5.74) is -0.462. The molecule has 0 aliphatic carbocycles. The number of carbonyl (C=O) groups is 1. The van der Waals surface area contributed by atoms with Gasteiger partial charge in [-0.15, -0.1) is 0 Å². The number of ether oxygens (including phenoxy) is 3. The van der Waals surface area contributed by atoms with Gasteiger partial charge in [-0.05, 0) is 33.6 Å². The second-order valence-corrected chi connectivity index (χ2v) is 4.79. The minimum atomic E-state index is -0.462. The lowest BCUT2D eigenvalue weighted by Gasteiger charge is -2.19. The van der Waals surface area contributed by atoms with Crippen LogP contribution < -0.4 is 5.32 Å². The molecule has 0 aliphatic heterocycles. The zero-order valence-corrected chi connectivity index (χ0v) is 11.7. The quantitative estimate of drug-likeness (QED) is 0.510. The Bertz CT molecular complexity index is 236. The molecule has 0 aromatic carbocycles. The predicted octanol–water partition coefficient (Wildman–Crippen LogP) is 2.47. The first kappa shape index (κ1) is 16.8. The number of hydrogen-bond donors (Lipinski definition) is 1. The van der Waals surface area contributed by atoms with Crippen LogP contribution in [-0.4, -0.2) is 38.1 Å². The van der Waals surface area contributed by atoms with Gasteiger partial charge in [0.05, 0.1) is 19.5 Å². The van der Waals surface area contributed by atoms with Gasteiger partial charge in [0.2, 0.25) is 0 Å². The van der Waals surface area contributed by atoms with Crippen molar-refractivity contribution in [1.82, 2.24) is 5.32 Å². The number of alkyl carbamates (subject to hydrolysis) is 1. The third kappa shape index (κ3) is 12.8. The van der Waals surface area contributed by atoms with Crippen molar-refractivity contribution >= 4 is 6.09 Å². The molecule has 0 fully saturated rings. The van der Waals surface area contributed by atoms with Crippen LogP contribution in [-0.2, 0) is 14.2 Å². The molecule has 5 heteroatoms. The van der Waals surface area contributed by atoms with E-state index in [4.69, 9.17) is 14.2 Å². The molecular formula is C13H25NO4. The van der Waals surface area contributed by atoms with E-state index in [0.29, 0.717) is 26.4 Å². The third-order valence-corrected chi connectivity index (χ3v) is 1.83. The van der Waals surface area contributed by atoms with E-state index in [-0.39, 0.29) is 0 Å². The standard InChI is InChI=1S/C13H25NO4/c1-5-16-9-6-7-10-17-11-8-14-12(15)18-13(2,3)4/h5H,1,6-11H2,2-4H3,(H,14,15). The second-order valence-electron chi connectivity index (χ2n) is 4.79. The number of unbranched alkanes of at least 4 members (excludes halogenated alkanes) is 1. The predicted molar refractivity (Wildman–Crippen MR) is 70.4 cm³/mol. The fourth-order valence-electron chi connectivity index (χ4n) is 1.11. The van der Waals surface area contributed by atoms with Gasteiger partial charge in [0.1, 0.15) is 5.60 Å². The maximum absolute atomic E-state index is 11.3.